The van der Waals surface area contributed by atoms with Crippen molar-refractivity contribution >= 4 is 19.2 Å². The third kappa shape index (κ3) is 3.78. The molecule has 0 bridgehead atoms. The molecule has 0 fully saturated rings. The molecule has 180 valence electrons. The Bertz CT molecular complexity index is 1300. The van der Waals surface area contributed by atoms with Crippen LogP contribution in [0.5, 0.6) is 11.8 Å². The van der Waals surface area contributed by atoms with Crippen molar-refractivity contribution in [3.05, 3.63) is 47.2 Å². The lowest BCUT2D eigenvalue weighted by Gasteiger charge is -2.36. The standard InChI is InChI=1S/C26H33N3O4Si/c1-25(2,3)34(6,7)32-14-12-19-20-21(26(4,5)33-19)24(31)29(23(20)30)18-11-10-16(15-27)22-17(18)9-8-13-28-22/h8-11,13,19,30-31H,12,14H2,1-7H3. The summed E-state index contributed by atoms with van der Waals surface area (Å²) < 4.78 is 14.1. The zero-order valence-corrected chi connectivity index (χ0v) is 21.9. The maximum atomic E-state index is 11.4. The third-order valence-corrected chi connectivity index (χ3v) is 11.8. The second-order valence-electron chi connectivity index (χ2n) is 10.9. The molecule has 34 heavy (non-hydrogen) atoms. The first-order valence-corrected chi connectivity index (χ1v) is 14.5. The maximum Gasteiger partial charge on any atom is 0.205 e. The molecule has 1 aliphatic heterocycles. The van der Waals surface area contributed by atoms with E-state index in [-0.39, 0.29) is 16.8 Å². The Kier molecular flexibility index (Phi) is 5.79. The molecule has 1 atom stereocenters. The highest BCUT2D eigenvalue weighted by molar-refractivity contribution is 6.74. The summed E-state index contributed by atoms with van der Waals surface area (Å²) in [5, 5.41) is 32.9. The maximum absolute atomic E-state index is 11.4. The summed E-state index contributed by atoms with van der Waals surface area (Å²) in [6, 6.07) is 9.13. The Morgan fingerprint density at radius 3 is 2.56 bits per heavy atom. The molecule has 2 N–H and O–H groups in total. The largest absolute Gasteiger partial charge is 0.494 e. The van der Waals surface area contributed by atoms with E-state index in [0.717, 1.165) is 0 Å². The molecule has 1 aromatic carbocycles. The first-order chi connectivity index (χ1) is 15.8. The topological polar surface area (TPSA) is 101 Å². The minimum absolute atomic E-state index is 0.0646. The molecule has 0 spiro atoms. The van der Waals surface area contributed by atoms with E-state index in [2.05, 4.69) is 44.9 Å². The summed E-state index contributed by atoms with van der Waals surface area (Å²) in [4.78, 5) is 4.35. The average molecular weight is 480 g/mol. The number of fused-ring (bicyclic) bond motifs is 2. The Morgan fingerprint density at radius 2 is 1.91 bits per heavy atom. The summed E-state index contributed by atoms with van der Waals surface area (Å²) in [5.74, 6) is -0.134. The van der Waals surface area contributed by atoms with Gasteiger partial charge in [-0.2, -0.15) is 5.26 Å². The highest BCUT2D eigenvalue weighted by Crippen LogP contribution is 2.55. The van der Waals surface area contributed by atoms with Crippen LogP contribution >= 0.6 is 0 Å². The van der Waals surface area contributed by atoms with Gasteiger partial charge >= 0.3 is 0 Å². The number of benzene rings is 1. The van der Waals surface area contributed by atoms with E-state index in [4.69, 9.17) is 9.16 Å². The van der Waals surface area contributed by atoms with Crippen molar-refractivity contribution in [2.75, 3.05) is 6.61 Å². The van der Waals surface area contributed by atoms with Crippen LogP contribution in [0.1, 0.15) is 63.8 Å². The van der Waals surface area contributed by atoms with E-state index >= 15 is 0 Å². The zero-order chi connectivity index (χ0) is 25.1. The number of ether oxygens (including phenoxy) is 1. The van der Waals surface area contributed by atoms with Crippen molar-refractivity contribution in [2.24, 2.45) is 0 Å². The fraction of sp³-hybridized carbons (Fsp3) is 0.462. The highest BCUT2D eigenvalue weighted by atomic mass is 28.4. The van der Waals surface area contributed by atoms with Crippen LogP contribution in [0, 0.1) is 11.3 Å². The lowest BCUT2D eigenvalue weighted by atomic mass is 9.98. The molecule has 3 aromatic rings. The Labute approximate surface area is 201 Å². The van der Waals surface area contributed by atoms with Crippen molar-refractivity contribution in [2.45, 2.75) is 70.9 Å². The van der Waals surface area contributed by atoms with Gasteiger partial charge in [0.1, 0.15) is 6.07 Å². The molecular formula is C26H33N3O4Si. The van der Waals surface area contributed by atoms with Gasteiger partial charge in [-0.3, -0.25) is 9.55 Å². The number of hydrogen-bond donors (Lipinski definition) is 2. The SMILES string of the molecule is CC1(C)OC(CCO[Si](C)(C)C(C)(C)C)c2c1c(O)n(-c1ccc(C#N)c3ncccc13)c2O. The molecule has 3 heterocycles. The van der Waals surface area contributed by atoms with Gasteiger partial charge in [-0.25, -0.2) is 0 Å². The molecule has 1 unspecified atom stereocenters. The van der Waals surface area contributed by atoms with Gasteiger partial charge in [-0.05, 0) is 56.2 Å². The minimum atomic E-state index is -1.92. The molecule has 2 aromatic heterocycles. The van der Waals surface area contributed by atoms with E-state index in [0.29, 0.717) is 46.3 Å². The van der Waals surface area contributed by atoms with E-state index in [1.165, 1.54) is 4.57 Å². The van der Waals surface area contributed by atoms with E-state index in [1.54, 1.807) is 24.4 Å². The average Bonchev–Trinajstić information content (AvgIpc) is 3.18. The van der Waals surface area contributed by atoms with Crippen molar-refractivity contribution in [3.63, 3.8) is 0 Å². The van der Waals surface area contributed by atoms with E-state index in [1.807, 2.05) is 19.9 Å². The smallest absolute Gasteiger partial charge is 0.205 e. The summed E-state index contributed by atoms with van der Waals surface area (Å²) >= 11 is 0. The van der Waals surface area contributed by atoms with Gasteiger partial charge in [0.25, 0.3) is 0 Å². The Morgan fingerprint density at radius 1 is 1.21 bits per heavy atom. The normalized spacial score (nSPS) is 17.6. The van der Waals surface area contributed by atoms with E-state index in [9.17, 15) is 15.5 Å². The summed E-state index contributed by atoms with van der Waals surface area (Å²) in [5.41, 5.74) is 1.88. The summed E-state index contributed by atoms with van der Waals surface area (Å²) in [6.07, 6.45) is 1.78. The fourth-order valence-electron chi connectivity index (χ4n) is 4.45. The molecule has 0 amide bonds. The Hall–Kier alpha value is -2.86. The van der Waals surface area contributed by atoms with Crippen LogP contribution in [-0.2, 0) is 14.8 Å². The van der Waals surface area contributed by atoms with Crippen molar-refractivity contribution in [1.29, 1.82) is 5.26 Å². The van der Waals surface area contributed by atoms with E-state index < -0.39 is 20.0 Å². The van der Waals surface area contributed by atoms with Crippen molar-refractivity contribution in [3.8, 4) is 23.5 Å². The number of nitriles is 1. The van der Waals surface area contributed by atoms with Crippen LogP contribution in [0.25, 0.3) is 16.6 Å². The summed E-state index contributed by atoms with van der Waals surface area (Å²) in [6.45, 7) is 15.3. The second kappa shape index (κ2) is 8.12. The van der Waals surface area contributed by atoms with Crippen molar-refractivity contribution in [1.82, 2.24) is 9.55 Å². The lowest BCUT2D eigenvalue weighted by molar-refractivity contribution is -0.0614. The van der Waals surface area contributed by atoms with Gasteiger partial charge in [0, 0.05) is 24.6 Å². The summed E-state index contributed by atoms with van der Waals surface area (Å²) in [7, 11) is -1.92. The van der Waals surface area contributed by atoms with Crippen LogP contribution in [0.4, 0.5) is 0 Å². The van der Waals surface area contributed by atoms with Crippen LogP contribution < -0.4 is 0 Å². The molecule has 0 radical (unpaired) electrons. The van der Waals surface area contributed by atoms with Crippen molar-refractivity contribution < 1.29 is 19.4 Å². The number of pyridine rings is 1. The third-order valence-electron chi connectivity index (χ3n) is 7.28. The molecular weight excluding hydrogens is 446 g/mol. The molecule has 0 aliphatic carbocycles. The van der Waals surface area contributed by atoms with Crippen LogP contribution in [-0.4, -0.2) is 34.7 Å². The second-order valence-corrected chi connectivity index (χ2v) is 15.7. The predicted molar refractivity (Wildman–Crippen MR) is 134 cm³/mol. The monoisotopic (exact) mass is 479 g/mol. The molecule has 0 saturated carbocycles. The quantitative estimate of drug-likeness (QED) is 0.434. The number of aromatic nitrogens is 2. The van der Waals surface area contributed by atoms with Crippen LogP contribution in [0.3, 0.4) is 0 Å². The zero-order valence-electron chi connectivity index (χ0n) is 20.9. The van der Waals surface area contributed by atoms with Gasteiger partial charge in [-0.15, -0.1) is 0 Å². The number of nitrogens with zero attached hydrogens (tertiary/aromatic N) is 3. The molecule has 7 nitrogen and oxygen atoms in total. The number of hydrogen-bond acceptors (Lipinski definition) is 6. The minimum Gasteiger partial charge on any atom is -0.494 e. The predicted octanol–water partition coefficient (Wildman–Crippen LogP) is 6.03. The number of aromatic hydroxyl groups is 2. The lowest BCUT2D eigenvalue weighted by Crippen LogP contribution is -2.41. The van der Waals surface area contributed by atoms with Gasteiger partial charge < -0.3 is 19.4 Å². The molecule has 0 saturated heterocycles. The fourth-order valence-corrected chi connectivity index (χ4v) is 5.51. The van der Waals surface area contributed by atoms with Gasteiger partial charge in [-0.1, -0.05) is 20.8 Å². The molecule has 4 rings (SSSR count). The first-order valence-electron chi connectivity index (χ1n) is 11.6. The highest BCUT2D eigenvalue weighted by Gasteiger charge is 2.46. The number of rotatable bonds is 5. The van der Waals surface area contributed by atoms with Gasteiger partial charge in [0.15, 0.2) is 8.32 Å². The van der Waals surface area contributed by atoms with Gasteiger partial charge in [0.2, 0.25) is 11.8 Å². The molecule has 1 aliphatic rings. The first kappa shape index (κ1) is 24.3. The van der Waals surface area contributed by atoms with Crippen LogP contribution in [0.2, 0.25) is 18.1 Å². The van der Waals surface area contributed by atoms with Crippen LogP contribution in [0.15, 0.2) is 30.5 Å². The Balaban J connectivity index is 1.76. The van der Waals surface area contributed by atoms with Gasteiger partial charge in [0.05, 0.1) is 39.6 Å². The molecule has 8 heteroatoms.